The first kappa shape index (κ1) is 15.0. The summed E-state index contributed by atoms with van der Waals surface area (Å²) in [7, 11) is 0. The van der Waals surface area contributed by atoms with Gasteiger partial charge in [-0.3, -0.25) is 9.97 Å². The summed E-state index contributed by atoms with van der Waals surface area (Å²) in [6.45, 7) is 2.65. The minimum Gasteiger partial charge on any atom is -0.493 e. The normalized spacial score (nSPS) is 10.8. The van der Waals surface area contributed by atoms with Crippen molar-refractivity contribution >= 4 is 12.2 Å². The van der Waals surface area contributed by atoms with E-state index in [4.69, 9.17) is 4.74 Å². The Labute approximate surface area is 136 Å². The van der Waals surface area contributed by atoms with Gasteiger partial charge >= 0.3 is 0 Å². The highest BCUT2D eigenvalue weighted by atomic mass is 16.5. The molecule has 0 N–H and O–H groups in total. The van der Waals surface area contributed by atoms with E-state index in [0.717, 1.165) is 28.3 Å². The second-order valence-electron chi connectivity index (χ2n) is 4.99. The van der Waals surface area contributed by atoms with Crippen LogP contribution in [0.25, 0.3) is 23.5 Å². The van der Waals surface area contributed by atoms with Crippen LogP contribution in [-0.4, -0.2) is 16.6 Å². The van der Waals surface area contributed by atoms with E-state index in [9.17, 15) is 0 Å². The van der Waals surface area contributed by atoms with E-state index in [1.54, 1.807) is 12.4 Å². The van der Waals surface area contributed by atoms with E-state index in [2.05, 4.69) is 22.1 Å². The Kier molecular flexibility index (Phi) is 4.79. The number of ether oxygens (including phenoxy) is 1. The van der Waals surface area contributed by atoms with E-state index >= 15 is 0 Å². The second-order valence-corrected chi connectivity index (χ2v) is 4.99. The zero-order valence-corrected chi connectivity index (χ0v) is 13.0. The summed E-state index contributed by atoms with van der Waals surface area (Å²) in [5.74, 6) is 0.894. The highest BCUT2D eigenvalue weighted by Gasteiger charge is 2.01. The number of hydrogen-bond donors (Lipinski definition) is 0. The molecule has 3 heteroatoms. The average Bonchev–Trinajstić information content (AvgIpc) is 2.62. The van der Waals surface area contributed by atoms with Crippen LogP contribution in [0.4, 0.5) is 0 Å². The Balaban J connectivity index is 1.86. The maximum atomic E-state index is 5.64. The lowest BCUT2D eigenvalue weighted by Crippen LogP contribution is -1.93. The molecule has 0 radical (unpaired) electrons. The molecule has 0 amide bonds. The number of aromatic nitrogens is 2. The number of hydrogen-bond acceptors (Lipinski definition) is 3. The Morgan fingerprint density at radius 3 is 2.52 bits per heavy atom. The van der Waals surface area contributed by atoms with Gasteiger partial charge in [-0.1, -0.05) is 36.4 Å². The van der Waals surface area contributed by atoms with Crippen LogP contribution < -0.4 is 4.74 Å². The van der Waals surface area contributed by atoms with Gasteiger partial charge in [-0.25, -0.2) is 0 Å². The van der Waals surface area contributed by atoms with Crippen LogP contribution in [0.3, 0.4) is 0 Å². The van der Waals surface area contributed by atoms with Gasteiger partial charge in [-0.2, -0.15) is 0 Å². The lowest BCUT2D eigenvalue weighted by molar-refractivity contribution is 0.339. The van der Waals surface area contributed by atoms with Gasteiger partial charge in [-0.15, -0.1) is 0 Å². The zero-order valence-electron chi connectivity index (χ0n) is 13.0. The van der Waals surface area contributed by atoms with Gasteiger partial charge in [0.25, 0.3) is 0 Å². The predicted molar refractivity (Wildman–Crippen MR) is 94.0 cm³/mol. The largest absolute Gasteiger partial charge is 0.493 e. The SMILES string of the molecule is CCOc1ccccc1/C=C\c1ccnc(-c2ccccn2)c1. The third-order valence-electron chi connectivity index (χ3n) is 3.39. The van der Waals surface area contributed by atoms with Crippen molar-refractivity contribution in [3.63, 3.8) is 0 Å². The predicted octanol–water partition coefficient (Wildman–Crippen LogP) is 4.71. The molecule has 114 valence electrons. The van der Waals surface area contributed by atoms with Crippen molar-refractivity contribution in [2.24, 2.45) is 0 Å². The molecule has 0 aliphatic rings. The summed E-state index contributed by atoms with van der Waals surface area (Å²) < 4.78 is 5.64. The first-order valence-electron chi connectivity index (χ1n) is 7.64. The summed E-state index contributed by atoms with van der Waals surface area (Å²) in [4.78, 5) is 8.73. The number of para-hydroxylation sites is 1. The van der Waals surface area contributed by atoms with Crippen molar-refractivity contribution in [2.45, 2.75) is 6.92 Å². The van der Waals surface area contributed by atoms with Gasteiger partial charge in [0, 0.05) is 18.0 Å². The summed E-state index contributed by atoms with van der Waals surface area (Å²) in [6.07, 6.45) is 7.70. The molecule has 0 unspecified atom stereocenters. The van der Waals surface area contributed by atoms with Gasteiger partial charge in [0.2, 0.25) is 0 Å². The summed E-state index contributed by atoms with van der Waals surface area (Å²) in [6, 6.07) is 17.8. The molecule has 2 heterocycles. The minimum absolute atomic E-state index is 0.657. The third-order valence-corrected chi connectivity index (χ3v) is 3.39. The molecule has 1 aromatic carbocycles. The molecule has 23 heavy (non-hydrogen) atoms. The summed E-state index contributed by atoms with van der Waals surface area (Å²) >= 11 is 0. The van der Waals surface area contributed by atoms with Crippen LogP contribution in [0, 0.1) is 0 Å². The van der Waals surface area contributed by atoms with Crippen molar-refractivity contribution in [3.8, 4) is 17.1 Å². The molecule has 0 saturated carbocycles. The summed E-state index contributed by atoms with van der Waals surface area (Å²) in [5.41, 5.74) is 3.88. The molecule has 3 rings (SSSR count). The standard InChI is InChI=1S/C20H18N2O/c1-2-23-20-9-4-3-7-17(20)11-10-16-12-14-22-19(15-16)18-8-5-6-13-21-18/h3-15H,2H2,1H3/b11-10-. The highest BCUT2D eigenvalue weighted by Crippen LogP contribution is 2.21. The van der Waals surface area contributed by atoms with Crippen LogP contribution in [0.5, 0.6) is 5.75 Å². The van der Waals surface area contributed by atoms with Gasteiger partial charge in [0.05, 0.1) is 18.0 Å². The summed E-state index contributed by atoms with van der Waals surface area (Å²) in [5, 5.41) is 0. The number of pyridine rings is 2. The third kappa shape index (κ3) is 3.83. The van der Waals surface area contributed by atoms with Crippen LogP contribution in [-0.2, 0) is 0 Å². The molecule has 0 atom stereocenters. The van der Waals surface area contributed by atoms with Crippen molar-refractivity contribution in [3.05, 3.63) is 78.1 Å². The Bertz CT molecular complexity index is 798. The lowest BCUT2D eigenvalue weighted by Gasteiger charge is -2.06. The van der Waals surface area contributed by atoms with E-state index in [1.807, 2.05) is 61.5 Å². The van der Waals surface area contributed by atoms with E-state index < -0.39 is 0 Å². The molecule has 0 aliphatic heterocycles. The second kappa shape index (κ2) is 7.36. The van der Waals surface area contributed by atoms with Gasteiger partial charge in [0.15, 0.2) is 0 Å². The Morgan fingerprint density at radius 1 is 0.870 bits per heavy atom. The smallest absolute Gasteiger partial charge is 0.126 e. The van der Waals surface area contributed by atoms with E-state index in [-0.39, 0.29) is 0 Å². The molecule has 0 saturated heterocycles. The molecule has 0 spiro atoms. The molecule has 0 bridgehead atoms. The molecule has 3 nitrogen and oxygen atoms in total. The minimum atomic E-state index is 0.657. The first-order chi connectivity index (χ1) is 11.4. The van der Waals surface area contributed by atoms with Gasteiger partial charge in [0.1, 0.15) is 5.75 Å². The van der Waals surface area contributed by atoms with Gasteiger partial charge < -0.3 is 4.74 Å². The maximum absolute atomic E-state index is 5.64. The highest BCUT2D eigenvalue weighted by molar-refractivity contribution is 5.73. The fraction of sp³-hybridized carbons (Fsp3) is 0.100. The average molecular weight is 302 g/mol. The maximum Gasteiger partial charge on any atom is 0.126 e. The van der Waals surface area contributed by atoms with Crippen molar-refractivity contribution in [1.82, 2.24) is 9.97 Å². The molecule has 0 fully saturated rings. The number of benzene rings is 1. The van der Waals surface area contributed by atoms with E-state index in [0.29, 0.717) is 6.61 Å². The first-order valence-corrected chi connectivity index (χ1v) is 7.64. The van der Waals surface area contributed by atoms with Crippen molar-refractivity contribution in [2.75, 3.05) is 6.61 Å². The Morgan fingerprint density at radius 2 is 1.70 bits per heavy atom. The lowest BCUT2D eigenvalue weighted by atomic mass is 10.1. The van der Waals surface area contributed by atoms with Crippen LogP contribution in [0.2, 0.25) is 0 Å². The Hall–Kier alpha value is -2.94. The van der Waals surface area contributed by atoms with Gasteiger partial charge in [-0.05, 0) is 42.8 Å². The van der Waals surface area contributed by atoms with Crippen molar-refractivity contribution in [1.29, 1.82) is 0 Å². The van der Waals surface area contributed by atoms with Crippen LogP contribution in [0.1, 0.15) is 18.1 Å². The van der Waals surface area contributed by atoms with E-state index in [1.165, 1.54) is 0 Å². The zero-order chi connectivity index (χ0) is 15.9. The molecule has 2 aromatic heterocycles. The quantitative estimate of drug-likeness (QED) is 0.684. The molecular formula is C20H18N2O. The van der Waals surface area contributed by atoms with Crippen LogP contribution in [0.15, 0.2) is 67.0 Å². The monoisotopic (exact) mass is 302 g/mol. The number of rotatable bonds is 5. The number of nitrogens with zero attached hydrogens (tertiary/aromatic N) is 2. The molecule has 0 aliphatic carbocycles. The fourth-order valence-corrected chi connectivity index (χ4v) is 2.30. The van der Waals surface area contributed by atoms with Crippen LogP contribution >= 0.6 is 0 Å². The fourth-order valence-electron chi connectivity index (χ4n) is 2.30. The van der Waals surface area contributed by atoms with Crippen molar-refractivity contribution < 1.29 is 4.74 Å². The molecule has 3 aromatic rings. The molecular weight excluding hydrogens is 284 g/mol. The topological polar surface area (TPSA) is 35.0 Å².